The van der Waals surface area contributed by atoms with Crippen molar-refractivity contribution < 1.29 is 14.2 Å². The number of aryl methyl sites for hydroxylation is 1. The Bertz CT molecular complexity index is 1170. The van der Waals surface area contributed by atoms with E-state index in [0.717, 1.165) is 61.4 Å². The van der Waals surface area contributed by atoms with Crippen LogP contribution in [0.2, 0.25) is 10.0 Å². The number of hydrogen-bond donors (Lipinski definition) is 0. The first-order chi connectivity index (χ1) is 15.4. The Balaban J connectivity index is 1.71. The normalized spacial score (nSPS) is 20.5. The van der Waals surface area contributed by atoms with E-state index in [-0.39, 0.29) is 5.41 Å². The number of hydrogen-bond acceptors (Lipinski definition) is 6. The number of aromatic nitrogens is 2. The van der Waals surface area contributed by atoms with E-state index in [9.17, 15) is 0 Å². The molecule has 1 aromatic carbocycles. The molecule has 8 heteroatoms. The van der Waals surface area contributed by atoms with Gasteiger partial charge in [0.05, 0.1) is 36.6 Å². The van der Waals surface area contributed by atoms with Crippen molar-refractivity contribution in [2.45, 2.75) is 19.8 Å². The van der Waals surface area contributed by atoms with Crippen LogP contribution in [0.5, 0.6) is 11.5 Å². The topological polar surface area (TPSA) is 56.7 Å². The smallest absolute Gasteiger partial charge is 0.141 e. The van der Waals surface area contributed by atoms with Crippen LogP contribution in [0.3, 0.4) is 0 Å². The summed E-state index contributed by atoms with van der Waals surface area (Å²) in [5.41, 5.74) is 2.41. The SMILES string of the molecule is COc1cc(OC)c(Cl)c(-c2cc3cnc(C)cc3c(N3CCC4(CCOC4)C3)n2)c1Cl. The maximum absolute atomic E-state index is 6.71. The Kier molecular flexibility index (Phi) is 5.56. The zero-order valence-electron chi connectivity index (χ0n) is 18.4. The highest BCUT2D eigenvalue weighted by molar-refractivity contribution is 6.41. The second kappa shape index (κ2) is 8.25. The molecule has 6 nitrogen and oxygen atoms in total. The molecule has 168 valence electrons. The molecule has 1 atom stereocenters. The van der Waals surface area contributed by atoms with Gasteiger partial charge in [-0.25, -0.2) is 4.98 Å². The van der Waals surface area contributed by atoms with Gasteiger partial charge < -0.3 is 19.1 Å². The first-order valence-corrected chi connectivity index (χ1v) is 11.4. The summed E-state index contributed by atoms with van der Waals surface area (Å²) in [6.07, 6.45) is 4.06. The van der Waals surface area contributed by atoms with Gasteiger partial charge in [-0.2, -0.15) is 0 Å². The van der Waals surface area contributed by atoms with Crippen molar-refractivity contribution in [2.24, 2.45) is 5.41 Å². The second-order valence-corrected chi connectivity index (χ2v) is 9.39. The van der Waals surface area contributed by atoms with Gasteiger partial charge in [0.15, 0.2) is 0 Å². The van der Waals surface area contributed by atoms with E-state index in [4.69, 9.17) is 42.4 Å². The largest absolute Gasteiger partial charge is 0.495 e. The Morgan fingerprint density at radius 3 is 2.47 bits per heavy atom. The van der Waals surface area contributed by atoms with E-state index < -0.39 is 0 Å². The number of rotatable bonds is 4. The van der Waals surface area contributed by atoms with E-state index in [1.807, 2.05) is 19.2 Å². The Labute approximate surface area is 197 Å². The average molecular weight is 474 g/mol. The number of nitrogens with zero attached hydrogens (tertiary/aromatic N) is 3. The lowest BCUT2D eigenvalue weighted by atomic mass is 9.87. The number of anilines is 1. The maximum Gasteiger partial charge on any atom is 0.141 e. The fraction of sp³-hybridized carbons (Fsp3) is 0.417. The molecule has 2 aliphatic heterocycles. The highest BCUT2D eigenvalue weighted by atomic mass is 35.5. The summed E-state index contributed by atoms with van der Waals surface area (Å²) >= 11 is 13.4. The van der Waals surface area contributed by atoms with Crippen molar-refractivity contribution in [2.75, 3.05) is 45.4 Å². The van der Waals surface area contributed by atoms with Crippen molar-refractivity contribution in [1.82, 2.24) is 9.97 Å². The third-order valence-corrected chi connectivity index (χ3v) is 7.33. The predicted molar refractivity (Wildman–Crippen MR) is 128 cm³/mol. The fourth-order valence-electron chi connectivity index (χ4n) is 4.80. The lowest BCUT2D eigenvalue weighted by Crippen LogP contribution is -2.28. The molecule has 1 spiro atoms. The van der Waals surface area contributed by atoms with Gasteiger partial charge in [-0.15, -0.1) is 0 Å². The Morgan fingerprint density at radius 1 is 1.06 bits per heavy atom. The summed E-state index contributed by atoms with van der Waals surface area (Å²) in [6.45, 7) is 5.49. The summed E-state index contributed by atoms with van der Waals surface area (Å²) < 4.78 is 16.7. The lowest BCUT2D eigenvalue weighted by molar-refractivity contribution is 0.160. The average Bonchev–Trinajstić information content (AvgIpc) is 3.43. The molecule has 2 fully saturated rings. The van der Waals surface area contributed by atoms with Crippen LogP contribution < -0.4 is 14.4 Å². The van der Waals surface area contributed by atoms with Gasteiger partial charge >= 0.3 is 0 Å². The predicted octanol–water partition coefficient (Wildman–Crippen LogP) is 5.55. The minimum atomic E-state index is 0.209. The van der Waals surface area contributed by atoms with Gasteiger partial charge in [0.1, 0.15) is 17.3 Å². The molecule has 2 aromatic heterocycles. The zero-order valence-corrected chi connectivity index (χ0v) is 19.9. The molecule has 2 aliphatic rings. The molecule has 5 rings (SSSR count). The van der Waals surface area contributed by atoms with E-state index >= 15 is 0 Å². The fourth-order valence-corrected chi connectivity index (χ4v) is 5.49. The summed E-state index contributed by atoms with van der Waals surface area (Å²) in [5.74, 6) is 1.88. The van der Waals surface area contributed by atoms with Gasteiger partial charge in [-0.1, -0.05) is 23.2 Å². The minimum Gasteiger partial charge on any atom is -0.495 e. The second-order valence-electron chi connectivity index (χ2n) is 8.64. The van der Waals surface area contributed by atoms with Crippen molar-refractivity contribution in [3.05, 3.63) is 40.1 Å². The molecule has 2 saturated heterocycles. The van der Waals surface area contributed by atoms with Crippen molar-refractivity contribution in [3.8, 4) is 22.8 Å². The van der Waals surface area contributed by atoms with Gasteiger partial charge in [0.25, 0.3) is 0 Å². The monoisotopic (exact) mass is 473 g/mol. The van der Waals surface area contributed by atoms with Gasteiger partial charge in [-0.05, 0) is 31.9 Å². The first kappa shape index (κ1) is 21.6. The van der Waals surface area contributed by atoms with Gasteiger partial charge in [0, 0.05) is 59.4 Å². The molecule has 4 heterocycles. The molecule has 1 unspecified atom stereocenters. The number of benzene rings is 1. The van der Waals surface area contributed by atoms with Crippen LogP contribution >= 0.6 is 23.2 Å². The van der Waals surface area contributed by atoms with Crippen molar-refractivity contribution in [1.29, 1.82) is 0 Å². The molecule has 0 amide bonds. The number of methoxy groups -OCH3 is 2. The maximum atomic E-state index is 6.71. The van der Waals surface area contributed by atoms with Gasteiger partial charge in [0.2, 0.25) is 0 Å². The van der Waals surface area contributed by atoms with E-state index in [1.54, 1.807) is 20.3 Å². The van der Waals surface area contributed by atoms with Crippen molar-refractivity contribution >= 4 is 39.8 Å². The quantitative estimate of drug-likeness (QED) is 0.495. The Hall–Kier alpha value is -2.28. The highest BCUT2D eigenvalue weighted by Gasteiger charge is 2.42. The van der Waals surface area contributed by atoms with Crippen LogP contribution in [0, 0.1) is 12.3 Å². The standard InChI is InChI=1S/C24H25Cl2N3O3/c1-14-8-16-15(11-27-14)9-17(20-21(25)18(30-2)10-19(31-3)22(20)26)28-23(16)29-6-4-24(12-29)5-7-32-13-24/h8-11H,4-7,12-13H2,1-3H3. The zero-order chi connectivity index (χ0) is 22.5. The molecule has 3 aromatic rings. The molecule has 0 saturated carbocycles. The number of pyridine rings is 2. The van der Waals surface area contributed by atoms with Crippen molar-refractivity contribution in [3.63, 3.8) is 0 Å². The highest BCUT2D eigenvalue weighted by Crippen LogP contribution is 2.47. The van der Waals surface area contributed by atoms with Crippen LogP contribution in [0.15, 0.2) is 24.4 Å². The summed E-state index contributed by atoms with van der Waals surface area (Å²) in [7, 11) is 3.13. The molecule has 0 bridgehead atoms. The number of fused-ring (bicyclic) bond motifs is 1. The van der Waals surface area contributed by atoms with Crippen LogP contribution in [-0.2, 0) is 4.74 Å². The molecule has 0 aliphatic carbocycles. The van der Waals surface area contributed by atoms with E-state index in [0.29, 0.717) is 32.8 Å². The summed E-state index contributed by atoms with van der Waals surface area (Å²) in [6, 6.07) is 5.75. The molecule has 32 heavy (non-hydrogen) atoms. The molecular formula is C24H25Cl2N3O3. The van der Waals surface area contributed by atoms with E-state index in [2.05, 4.69) is 16.0 Å². The summed E-state index contributed by atoms with van der Waals surface area (Å²) in [5, 5.41) is 2.85. The lowest BCUT2D eigenvalue weighted by Gasteiger charge is -2.24. The molecule has 0 N–H and O–H groups in total. The molecule has 0 radical (unpaired) electrons. The number of ether oxygens (including phenoxy) is 3. The first-order valence-electron chi connectivity index (χ1n) is 10.7. The van der Waals surface area contributed by atoms with Gasteiger partial charge in [-0.3, -0.25) is 4.98 Å². The van der Waals surface area contributed by atoms with Crippen LogP contribution in [0.4, 0.5) is 5.82 Å². The Morgan fingerprint density at radius 2 is 1.81 bits per heavy atom. The van der Waals surface area contributed by atoms with Crippen LogP contribution in [-0.4, -0.2) is 50.5 Å². The number of halogens is 2. The summed E-state index contributed by atoms with van der Waals surface area (Å²) in [4.78, 5) is 12.0. The third kappa shape index (κ3) is 3.54. The van der Waals surface area contributed by atoms with Crippen LogP contribution in [0.1, 0.15) is 18.5 Å². The third-order valence-electron chi connectivity index (χ3n) is 6.58. The minimum absolute atomic E-state index is 0.209. The van der Waals surface area contributed by atoms with Crippen LogP contribution in [0.25, 0.3) is 22.0 Å². The molecular weight excluding hydrogens is 449 g/mol. The van der Waals surface area contributed by atoms with E-state index in [1.165, 1.54) is 0 Å².